The van der Waals surface area contributed by atoms with Crippen LogP contribution in [0.1, 0.15) is 5.69 Å². The smallest absolute Gasteiger partial charge is 0.387 e. The molecule has 12 heteroatoms. The van der Waals surface area contributed by atoms with Crippen molar-refractivity contribution in [3.05, 3.63) is 40.2 Å². The third kappa shape index (κ3) is 3.91. The molecule has 0 atom stereocenters. The van der Waals surface area contributed by atoms with Crippen molar-refractivity contribution in [2.75, 3.05) is 5.32 Å². The molecule has 0 saturated carbocycles. The van der Waals surface area contributed by atoms with Crippen molar-refractivity contribution >= 4 is 38.3 Å². The van der Waals surface area contributed by atoms with Crippen LogP contribution in [-0.2, 0) is 11.3 Å². The minimum absolute atomic E-state index is 0.00616. The summed E-state index contributed by atoms with van der Waals surface area (Å²) in [5.74, 6) is -0.487. The fraction of sp³-hybridized carbons (Fsp3) is 0.214. The van der Waals surface area contributed by atoms with Crippen LogP contribution in [0.2, 0.25) is 0 Å². The van der Waals surface area contributed by atoms with Gasteiger partial charge in [-0.25, -0.2) is 4.98 Å². The Bertz CT molecular complexity index is 987. The second-order valence-electron chi connectivity index (χ2n) is 5.13. The highest BCUT2D eigenvalue weighted by molar-refractivity contribution is 7.22. The Morgan fingerprint density at radius 1 is 1.50 bits per heavy atom. The number of aryl methyl sites for hydroxylation is 1. The van der Waals surface area contributed by atoms with Crippen LogP contribution in [-0.4, -0.2) is 32.2 Å². The van der Waals surface area contributed by atoms with E-state index >= 15 is 0 Å². The lowest BCUT2D eigenvalue weighted by Gasteiger charge is -2.02. The molecule has 0 saturated heterocycles. The van der Waals surface area contributed by atoms with E-state index in [1.807, 2.05) is 0 Å². The summed E-state index contributed by atoms with van der Waals surface area (Å²) in [6.45, 7) is -1.69. The Hall–Kier alpha value is -3.15. The Balaban J connectivity index is 1.71. The van der Waals surface area contributed by atoms with E-state index in [4.69, 9.17) is 0 Å². The first-order valence-corrected chi connectivity index (χ1v) is 7.97. The lowest BCUT2D eigenvalue weighted by atomic mass is 10.3. The zero-order valence-electron chi connectivity index (χ0n) is 13.2. The fourth-order valence-corrected chi connectivity index (χ4v) is 3.12. The first-order chi connectivity index (χ1) is 12.3. The van der Waals surface area contributed by atoms with Crippen molar-refractivity contribution in [2.45, 2.75) is 20.1 Å². The van der Waals surface area contributed by atoms with Crippen LogP contribution >= 0.6 is 11.3 Å². The Kier molecular flexibility index (Phi) is 4.75. The zero-order valence-corrected chi connectivity index (χ0v) is 14.0. The number of carbonyl (C=O) groups excluding carboxylic acids is 1. The predicted molar refractivity (Wildman–Crippen MR) is 88.5 cm³/mol. The van der Waals surface area contributed by atoms with Crippen molar-refractivity contribution < 1.29 is 23.2 Å². The fourth-order valence-electron chi connectivity index (χ4n) is 2.21. The number of nitro groups is 1. The van der Waals surface area contributed by atoms with Crippen LogP contribution < -0.4 is 10.1 Å². The highest BCUT2D eigenvalue weighted by Gasteiger charge is 2.17. The van der Waals surface area contributed by atoms with Crippen molar-refractivity contribution in [1.82, 2.24) is 14.8 Å². The number of nitrogens with zero attached hydrogens (tertiary/aromatic N) is 4. The number of halogens is 2. The number of ether oxygens (including phenoxy) is 1. The maximum absolute atomic E-state index is 12.2. The van der Waals surface area contributed by atoms with Crippen LogP contribution in [0.15, 0.2) is 24.4 Å². The number of carbonyl (C=O) groups is 1. The van der Waals surface area contributed by atoms with Crippen molar-refractivity contribution in [3.8, 4) is 5.75 Å². The molecule has 9 nitrogen and oxygen atoms in total. The van der Waals surface area contributed by atoms with Gasteiger partial charge in [0, 0.05) is 0 Å². The molecule has 0 aliphatic heterocycles. The molecule has 0 aliphatic rings. The zero-order chi connectivity index (χ0) is 18.8. The van der Waals surface area contributed by atoms with Gasteiger partial charge in [-0.15, -0.1) is 0 Å². The molecule has 3 rings (SSSR count). The first kappa shape index (κ1) is 17.7. The van der Waals surface area contributed by atoms with E-state index in [0.29, 0.717) is 10.2 Å². The number of benzene rings is 1. The highest BCUT2D eigenvalue weighted by atomic mass is 32.1. The molecule has 2 heterocycles. The maximum atomic E-state index is 12.2. The van der Waals surface area contributed by atoms with Crippen LogP contribution in [0.25, 0.3) is 10.2 Å². The van der Waals surface area contributed by atoms with E-state index in [9.17, 15) is 23.7 Å². The van der Waals surface area contributed by atoms with Gasteiger partial charge in [-0.2, -0.15) is 13.9 Å². The molecule has 0 radical (unpaired) electrons. The standard InChI is InChI=1S/C14H11F2N5O4S/c1-7-10(21(23)24)5-20(19-7)6-12(22)18-14-17-9-3-2-8(25-13(15)16)4-11(9)26-14/h2-5,13H,6H2,1H3,(H,17,18,22). The normalized spacial score (nSPS) is 11.1. The number of anilines is 1. The summed E-state index contributed by atoms with van der Waals surface area (Å²) in [4.78, 5) is 26.4. The summed E-state index contributed by atoms with van der Waals surface area (Å²) >= 11 is 1.08. The van der Waals surface area contributed by atoms with Crippen molar-refractivity contribution in [2.24, 2.45) is 0 Å². The van der Waals surface area contributed by atoms with Gasteiger partial charge in [-0.3, -0.25) is 19.6 Å². The molecular formula is C14H11F2N5O4S. The average molecular weight is 383 g/mol. The summed E-state index contributed by atoms with van der Waals surface area (Å²) in [6, 6.07) is 4.25. The second kappa shape index (κ2) is 7.00. The lowest BCUT2D eigenvalue weighted by Crippen LogP contribution is -2.18. The topological polar surface area (TPSA) is 112 Å². The molecule has 1 aromatic carbocycles. The molecule has 0 spiro atoms. The summed E-state index contributed by atoms with van der Waals surface area (Å²) in [5.41, 5.74) is 0.538. The van der Waals surface area contributed by atoms with Crippen LogP contribution in [0.3, 0.4) is 0 Å². The van der Waals surface area contributed by atoms with E-state index in [1.165, 1.54) is 31.3 Å². The largest absolute Gasteiger partial charge is 0.435 e. The van der Waals surface area contributed by atoms with Gasteiger partial charge in [-0.05, 0) is 25.1 Å². The highest BCUT2D eigenvalue weighted by Crippen LogP contribution is 2.29. The predicted octanol–water partition coefficient (Wildman–Crippen LogP) is 2.95. The molecule has 0 aliphatic carbocycles. The number of aromatic nitrogens is 3. The van der Waals surface area contributed by atoms with Crippen LogP contribution in [0.5, 0.6) is 5.75 Å². The summed E-state index contributed by atoms with van der Waals surface area (Å²) in [5, 5.41) is 17.5. The number of thiazole rings is 1. The maximum Gasteiger partial charge on any atom is 0.387 e. The Labute approximate surface area is 148 Å². The Morgan fingerprint density at radius 2 is 2.27 bits per heavy atom. The molecule has 3 aromatic rings. The molecule has 0 unspecified atom stereocenters. The second-order valence-corrected chi connectivity index (χ2v) is 6.16. The molecule has 136 valence electrons. The van der Waals surface area contributed by atoms with Gasteiger partial charge in [0.1, 0.15) is 24.2 Å². The average Bonchev–Trinajstić information content (AvgIpc) is 3.08. The molecule has 26 heavy (non-hydrogen) atoms. The number of hydrogen-bond donors (Lipinski definition) is 1. The number of hydrogen-bond acceptors (Lipinski definition) is 7. The third-order valence-corrected chi connectivity index (χ3v) is 4.19. The minimum Gasteiger partial charge on any atom is -0.435 e. The summed E-state index contributed by atoms with van der Waals surface area (Å²) in [6.07, 6.45) is 1.17. The van der Waals surface area contributed by atoms with Crippen LogP contribution in [0.4, 0.5) is 19.6 Å². The van der Waals surface area contributed by atoms with Gasteiger partial charge in [0.25, 0.3) is 0 Å². The molecule has 1 N–H and O–H groups in total. The Morgan fingerprint density at radius 3 is 2.92 bits per heavy atom. The van der Waals surface area contributed by atoms with E-state index in [1.54, 1.807) is 0 Å². The summed E-state index contributed by atoms with van der Waals surface area (Å²) < 4.78 is 30.5. The number of amides is 1. The molecule has 1 amide bonds. The van der Waals surface area contributed by atoms with Gasteiger partial charge >= 0.3 is 12.3 Å². The van der Waals surface area contributed by atoms with E-state index in [-0.39, 0.29) is 28.8 Å². The SMILES string of the molecule is Cc1nn(CC(=O)Nc2nc3ccc(OC(F)F)cc3s2)cc1[N+](=O)[O-]. The number of rotatable bonds is 6. The molecule has 2 aromatic heterocycles. The third-order valence-electron chi connectivity index (χ3n) is 3.25. The molecule has 0 bridgehead atoms. The lowest BCUT2D eigenvalue weighted by molar-refractivity contribution is -0.385. The van der Waals surface area contributed by atoms with Gasteiger partial charge in [-0.1, -0.05) is 11.3 Å². The quantitative estimate of drug-likeness (QED) is 0.517. The number of fused-ring (bicyclic) bond motifs is 1. The van der Waals surface area contributed by atoms with Gasteiger partial charge in [0.2, 0.25) is 5.91 Å². The monoisotopic (exact) mass is 383 g/mol. The van der Waals surface area contributed by atoms with E-state index in [2.05, 4.69) is 20.1 Å². The van der Waals surface area contributed by atoms with Crippen molar-refractivity contribution in [1.29, 1.82) is 0 Å². The first-order valence-electron chi connectivity index (χ1n) is 7.15. The minimum atomic E-state index is -2.93. The molecule has 0 fully saturated rings. The van der Waals surface area contributed by atoms with Gasteiger partial charge < -0.3 is 10.1 Å². The van der Waals surface area contributed by atoms with E-state index < -0.39 is 17.4 Å². The number of alkyl halides is 2. The summed E-state index contributed by atoms with van der Waals surface area (Å²) in [7, 11) is 0. The van der Waals surface area contributed by atoms with Gasteiger partial charge in [0.05, 0.1) is 15.1 Å². The number of nitrogens with one attached hydrogen (secondary N) is 1. The molecular weight excluding hydrogens is 372 g/mol. The van der Waals surface area contributed by atoms with Gasteiger partial charge in [0.15, 0.2) is 5.13 Å². The van der Waals surface area contributed by atoms with Crippen molar-refractivity contribution in [3.63, 3.8) is 0 Å². The van der Waals surface area contributed by atoms with Crippen LogP contribution in [0, 0.1) is 17.0 Å². The van der Waals surface area contributed by atoms with E-state index in [0.717, 1.165) is 16.0 Å².